The number of nitrogens with two attached hydrogens (primary N) is 1. The molecule has 1 aromatic heterocycles. The lowest BCUT2D eigenvalue weighted by Crippen LogP contribution is -2.34. The van der Waals surface area contributed by atoms with E-state index in [1.807, 2.05) is 20.8 Å². The smallest absolute Gasteiger partial charge is 0.257 e. The van der Waals surface area contributed by atoms with Crippen LogP contribution >= 0.6 is 23.6 Å². The molecule has 26 heavy (non-hydrogen) atoms. The number of primary amides is 1. The summed E-state index contributed by atoms with van der Waals surface area (Å²) in [6.07, 6.45) is 0.688. The van der Waals surface area contributed by atoms with E-state index in [2.05, 4.69) is 10.6 Å². The van der Waals surface area contributed by atoms with Crippen LogP contribution in [0.25, 0.3) is 0 Å². The first-order valence-electron chi connectivity index (χ1n) is 8.14. The molecule has 0 saturated carbocycles. The van der Waals surface area contributed by atoms with Gasteiger partial charge < -0.3 is 15.8 Å². The molecule has 2 rings (SSSR count). The molecule has 2 aromatic rings. The van der Waals surface area contributed by atoms with Gasteiger partial charge in [0.1, 0.15) is 10.8 Å². The van der Waals surface area contributed by atoms with E-state index in [1.54, 1.807) is 24.3 Å². The SMILES string of the molecule is CCOc1ccc(C(=O)NC(=S)Nc2sc(C)c(CC)c2C(N)=O)cc1. The lowest BCUT2D eigenvalue weighted by molar-refractivity contribution is 0.0975. The number of carbonyl (C=O) groups excluding carboxylic acids is 2. The molecule has 0 aliphatic carbocycles. The predicted molar refractivity (Wildman–Crippen MR) is 108 cm³/mol. The molecule has 138 valence electrons. The molecule has 1 aromatic carbocycles. The van der Waals surface area contributed by atoms with E-state index in [4.69, 9.17) is 22.7 Å². The summed E-state index contributed by atoms with van der Waals surface area (Å²) < 4.78 is 5.35. The number of thiophene rings is 1. The van der Waals surface area contributed by atoms with Gasteiger partial charge in [-0.3, -0.25) is 14.9 Å². The van der Waals surface area contributed by atoms with Gasteiger partial charge in [-0.25, -0.2) is 0 Å². The van der Waals surface area contributed by atoms with Crippen molar-refractivity contribution in [3.05, 3.63) is 45.8 Å². The van der Waals surface area contributed by atoms with Gasteiger partial charge in [-0.1, -0.05) is 6.92 Å². The third kappa shape index (κ3) is 4.59. The standard InChI is InChI=1S/C18H21N3O3S2/c1-4-13-10(3)26-17(14(13)15(19)22)21-18(25)20-16(23)11-6-8-12(9-7-11)24-5-2/h6-9H,4-5H2,1-3H3,(H2,19,22)(H2,20,21,23,25). The average Bonchev–Trinajstić information content (AvgIpc) is 2.90. The number of amides is 2. The molecule has 8 heteroatoms. The highest BCUT2D eigenvalue weighted by molar-refractivity contribution is 7.80. The van der Waals surface area contributed by atoms with Crippen molar-refractivity contribution >= 4 is 45.5 Å². The number of thiocarbonyl (C=S) groups is 1. The van der Waals surface area contributed by atoms with Gasteiger partial charge in [0.05, 0.1) is 12.2 Å². The fraction of sp³-hybridized carbons (Fsp3) is 0.278. The Labute approximate surface area is 161 Å². The quantitative estimate of drug-likeness (QED) is 0.657. The fourth-order valence-electron chi connectivity index (χ4n) is 2.53. The van der Waals surface area contributed by atoms with E-state index >= 15 is 0 Å². The number of benzene rings is 1. The Morgan fingerprint density at radius 2 is 1.88 bits per heavy atom. The predicted octanol–water partition coefficient (Wildman–Crippen LogP) is 3.24. The second-order valence-electron chi connectivity index (χ2n) is 5.42. The van der Waals surface area contributed by atoms with Gasteiger partial charge in [0, 0.05) is 10.4 Å². The molecule has 0 spiro atoms. The van der Waals surface area contributed by atoms with Gasteiger partial charge in [-0.2, -0.15) is 0 Å². The third-order valence-corrected chi connectivity index (χ3v) is 4.96. The number of ether oxygens (including phenoxy) is 1. The largest absolute Gasteiger partial charge is 0.494 e. The molecule has 0 atom stereocenters. The zero-order valence-electron chi connectivity index (χ0n) is 14.8. The minimum atomic E-state index is -0.519. The first kappa shape index (κ1) is 19.9. The van der Waals surface area contributed by atoms with Crippen molar-refractivity contribution in [2.45, 2.75) is 27.2 Å². The minimum Gasteiger partial charge on any atom is -0.494 e. The topological polar surface area (TPSA) is 93.4 Å². The van der Waals surface area contributed by atoms with Gasteiger partial charge >= 0.3 is 0 Å². The molecule has 4 N–H and O–H groups in total. The summed E-state index contributed by atoms with van der Waals surface area (Å²) in [6, 6.07) is 6.75. The maximum Gasteiger partial charge on any atom is 0.257 e. The van der Waals surface area contributed by atoms with Crippen LogP contribution in [0.2, 0.25) is 0 Å². The third-order valence-electron chi connectivity index (χ3n) is 3.69. The number of aryl methyl sites for hydroxylation is 1. The number of hydrogen-bond donors (Lipinski definition) is 3. The Bertz CT molecular complexity index is 829. The second kappa shape index (κ2) is 8.77. The van der Waals surface area contributed by atoms with Gasteiger partial charge in [0.15, 0.2) is 5.11 Å². The van der Waals surface area contributed by atoms with Crippen LogP contribution in [0.4, 0.5) is 5.00 Å². The first-order chi connectivity index (χ1) is 12.4. The number of nitrogens with one attached hydrogen (secondary N) is 2. The zero-order valence-corrected chi connectivity index (χ0v) is 16.5. The van der Waals surface area contributed by atoms with Gasteiger partial charge in [-0.05, 0) is 62.3 Å². The zero-order chi connectivity index (χ0) is 19.3. The van der Waals surface area contributed by atoms with Gasteiger partial charge in [0.25, 0.3) is 11.8 Å². The van der Waals surface area contributed by atoms with Crippen molar-refractivity contribution in [3.63, 3.8) is 0 Å². The molecular formula is C18H21N3O3S2. The van der Waals surface area contributed by atoms with Crippen molar-refractivity contribution in [2.24, 2.45) is 5.73 Å². The van der Waals surface area contributed by atoms with Crippen LogP contribution in [0.3, 0.4) is 0 Å². The normalized spacial score (nSPS) is 10.3. The Kier molecular flexibility index (Phi) is 6.70. The van der Waals surface area contributed by atoms with E-state index in [1.165, 1.54) is 11.3 Å². The highest BCUT2D eigenvalue weighted by atomic mass is 32.1. The van der Waals surface area contributed by atoms with Crippen LogP contribution in [0.5, 0.6) is 5.75 Å². The summed E-state index contributed by atoms with van der Waals surface area (Å²) in [4.78, 5) is 25.1. The summed E-state index contributed by atoms with van der Waals surface area (Å²) in [5.41, 5.74) is 7.26. The Hall–Kier alpha value is -2.45. The Balaban J connectivity index is 2.09. The Morgan fingerprint density at radius 3 is 2.42 bits per heavy atom. The van der Waals surface area contributed by atoms with Gasteiger partial charge in [0.2, 0.25) is 0 Å². The molecule has 1 heterocycles. The van der Waals surface area contributed by atoms with E-state index in [-0.39, 0.29) is 11.0 Å². The molecule has 0 unspecified atom stereocenters. The molecule has 0 saturated heterocycles. The van der Waals surface area contributed by atoms with Crippen LogP contribution in [0, 0.1) is 6.92 Å². The lowest BCUT2D eigenvalue weighted by Gasteiger charge is -2.10. The number of rotatable bonds is 6. The monoisotopic (exact) mass is 391 g/mol. The fourth-order valence-corrected chi connectivity index (χ4v) is 3.95. The Morgan fingerprint density at radius 1 is 1.23 bits per heavy atom. The molecule has 2 amide bonds. The average molecular weight is 392 g/mol. The molecule has 0 aliphatic heterocycles. The van der Waals surface area contributed by atoms with E-state index in [0.29, 0.717) is 34.9 Å². The maximum absolute atomic E-state index is 12.3. The van der Waals surface area contributed by atoms with Crippen LogP contribution in [-0.4, -0.2) is 23.5 Å². The highest BCUT2D eigenvalue weighted by Gasteiger charge is 2.20. The molecule has 0 bridgehead atoms. The van der Waals surface area contributed by atoms with E-state index < -0.39 is 5.91 Å². The minimum absolute atomic E-state index is 0.107. The second-order valence-corrected chi connectivity index (χ2v) is 7.06. The van der Waals surface area contributed by atoms with Crippen molar-refractivity contribution in [1.82, 2.24) is 5.32 Å². The van der Waals surface area contributed by atoms with Crippen molar-refractivity contribution in [3.8, 4) is 5.75 Å². The van der Waals surface area contributed by atoms with Crippen LogP contribution in [0.15, 0.2) is 24.3 Å². The summed E-state index contributed by atoms with van der Waals surface area (Å²) in [5, 5.41) is 6.17. The maximum atomic E-state index is 12.3. The summed E-state index contributed by atoms with van der Waals surface area (Å²) >= 11 is 6.59. The van der Waals surface area contributed by atoms with Crippen LogP contribution < -0.4 is 21.1 Å². The highest BCUT2D eigenvalue weighted by Crippen LogP contribution is 2.33. The first-order valence-corrected chi connectivity index (χ1v) is 9.37. The van der Waals surface area contributed by atoms with Crippen molar-refractivity contribution in [1.29, 1.82) is 0 Å². The molecule has 6 nitrogen and oxygen atoms in total. The summed E-state index contributed by atoms with van der Waals surface area (Å²) in [5.74, 6) is -0.179. The lowest BCUT2D eigenvalue weighted by atomic mass is 10.1. The molecule has 0 fully saturated rings. The van der Waals surface area contributed by atoms with E-state index in [0.717, 1.165) is 10.4 Å². The summed E-state index contributed by atoms with van der Waals surface area (Å²) in [7, 11) is 0. The number of hydrogen-bond acceptors (Lipinski definition) is 5. The van der Waals surface area contributed by atoms with Crippen LogP contribution in [-0.2, 0) is 6.42 Å². The van der Waals surface area contributed by atoms with Crippen LogP contribution in [0.1, 0.15) is 45.0 Å². The van der Waals surface area contributed by atoms with E-state index in [9.17, 15) is 9.59 Å². The summed E-state index contributed by atoms with van der Waals surface area (Å²) in [6.45, 7) is 6.32. The number of anilines is 1. The van der Waals surface area contributed by atoms with Crippen molar-refractivity contribution in [2.75, 3.05) is 11.9 Å². The number of carbonyl (C=O) groups is 2. The van der Waals surface area contributed by atoms with Crippen molar-refractivity contribution < 1.29 is 14.3 Å². The molecule has 0 radical (unpaired) electrons. The molecular weight excluding hydrogens is 370 g/mol. The molecule has 0 aliphatic rings. The van der Waals surface area contributed by atoms with Gasteiger partial charge in [-0.15, -0.1) is 11.3 Å².